The van der Waals surface area contributed by atoms with Gasteiger partial charge in [-0.3, -0.25) is 19.4 Å². The first kappa shape index (κ1) is 20.1. The maximum Gasteiger partial charge on any atom is 0.303 e. The third kappa shape index (κ3) is 4.11. The van der Waals surface area contributed by atoms with E-state index in [0.717, 1.165) is 0 Å². The van der Waals surface area contributed by atoms with Gasteiger partial charge in [-0.25, -0.2) is 0 Å². The van der Waals surface area contributed by atoms with Crippen LogP contribution in [0.15, 0.2) is 54.2 Å². The number of likely N-dealkylation sites (tertiary alicyclic amines) is 1. The summed E-state index contributed by atoms with van der Waals surface area (Å²) in [5.74, 6) is -2.35. The molecule has 2 heterocycles. The molecule has 1 aromatic carbocycles. The summed E-state index contributed by atoms with van der Waals surface area (Å²) >= 11 is 0. The molecule has 0 unspecified atom stereocenters. The Labute approximate surface area is 167 Å². The van der Waals surface area contributed by atoms with Crippen LogP contribution in [0.25, 0.3) is 5.76 Å². The van der Waals surface area contributed by atoms with Crippen molar-refractivity contribution in [1.82, 2.24) is 9.88 Å². The maximum atomic E-state index is 12.8. The van der Waals surface area contributed by atoms with E-state index in [9.17, 15) is 19.5 Å². The second-order valence-electron chi connectivity index (χ2n) is 6.47. The molecule has 1 fully saturated rings. The molecule has 1 aromatic heterocycles. The van der Waals surface area contributed by atoms with E-state index in [-0.39, 0.29) is 30.7 Å². The van der Waals surface area contributed by atoms with Crippen LogP contribution in [-0.4, -0.2) is 51.4 Å². The fraction of sp³-hybridized carbons (Fsp3) is 0.238. The molecule has 3 rings (SSSR count). The monoisotopic (exact) mass is 396 g/mol. The summed E-state index contributed by atoms with van der Waals surface area (Å²) in [6, 6.07) is 10.6. The molecule has 8 nitrogen and oxygen atoms in total. The number of benzene rings is 1. The van der Waals surface area contributed by atoms with E-state index in [0.29, 0.717) is 17.0 Å². The Morgan fingerprint density at radius 2 is 1.86 bits per heavy atom. The Morgan fingerprint density at radius 1 is 1.14 bits per heavy atom. The number of carbonyl (C=O) groups excluding carboxylic acids is 2. The van der Waals surface area contributed by atoms with Crippen molar-refractivity contribution in [3.05, 3.63) is 65.5 Å². The van der Waals surface area contributed by atoms with Crippen molar-refractivity contribution in [2.75, 3.05) is 13.7 Å². The summed E-state index contributed by atoms with van der Waals surface area (Å²) in [7, 11) is 1.51. The van der Waals surface area contributed by atoms with Crippen LogP contribution in [0.4, 0.5) is 0 Å². The van der Waals surface area contributed by atoms with Crippen molar-refractivity contribution in [2.24, 2.45) is 0 Å². The molecule has 29 heavy (non-hydrogen) atoms. The third-order valence-corrected chi connectivity index (χ3v) is 4.66. The molecular weight excluding hydrogens is 376 g/mol. The summed E-state index contributed by atoms with van der Waals surface area (Å²) in [4.78, 5) is 41.8. The lowest BCUT2D eigenvalue weighted by Gasteiger charge is -2.24. The quantitative estimate of drug-likeness (QED) is 0.419. The number of carboxylic acid groups (broad SMARTS) is 1. The van der Waals surface area contributed by atoms with E-state index in [2.05, 4.69) is 4.98 Å². The Balaban J connectivity index is 2.06. The van der Waals surface area contributed by atoms with Crippen LogP contribution in [0, 0.1) is 0 Å². The number of Topliss-reactive ketones (excluding diaryl/α,β-unsaturated/α-hetero) is 1. The highest BCUT2D eigenvalue weighted by Crippen LogP contribution is 2.38. The first-order chi connectivity index (χ1) is 13.9. The molecule has 0 bridgehead atoms. The molecule has 1 aliphatic rings. The number of aromatic nitrogens is 1. The Hall–Kier alpha value is -3.68. The fourth-order valence-electron chi connectivity index (χ4n) is 3.26. The topological polar surface area (TPSA) is 117 Å². The number of methoxy groups -OCH3 is 1. The zero-order valence-corrected chi connectivity index (χ0v) is 15.7. The summed E-state index contributed by atoms with van der Waals surface area (Å²) in [5.41, 5.74) is 0.696. The number of amides is 1. The molecule has 1 aliphatic heterocycles. The molecule has 0 radical (unpaired) electrons. The zero-order chi connectivity index (χ0) is 21.0. The molecule has 0 aliphatic carbocycles. The van der Waals surface area contributed by atoms with Crippen LogP contribution in [0.3, 0.4) is 0 Å². The number of rotatable bonds is 7. The zero-order valence-electron chi connectivity index (χ0n) is 15.7. The number of aliphatic carboxylic acids is 1. The largest absolute Gasteiger partial charge is 0.507 e. The van der Waals surface area contributed by atoms with E-state index in [1.807, 2.05) is 0 Å². The van der Waals surface area contributed by atoms with Crippen molar-refractivity contribution in [3.8, 4) is 5.75 Å². The molecule has 1 saturated heterocycles. The number of pyridine rings is 1. The lowest BCUT2D eigenvalue weighted by molar-refractivity contribution is -0.140. The number of ether oxygens (including phenoxy) is 1. The van der Waals surface area contributed by atoms with E-state index in [4.69, 9.17) is 9.84 Å². The number of aliphatic hydroxyl groups is 1. The van der Waals surface area contributed by atoms with Gasteiger partial charge in [0, 0.05) is 24.7 Å². The van der Waals surface area contributed by atoms with Gasteiger partial charge in [0.05, 0.1) is 18.4 Å². The van der Waals surface area contributed by atoms with E-state index in [1.54, 1.807) is 42.5 Å². The van der Waals surface area contributed by atoms with Crippen molar-refractivity contribution >= 4 is 23.4 Å². The Morgan fingerprint density at radius 3 is 2.45 bits per heavy atom. The van der Waals surface area contributed by atoms with Crippen molar-refractivity contribution in [2.45, 2.75) is 18.9 Å². The SMILES string of the molecule is COc1ccc(C(O)=C2C(=O)C(=O)N(CCCC(=O)O)[C@@H]2c2ccccn2)cc1. The van der Waals surface area contributed by atoms with Crippen LogP contribution < -0.4 is 4.74 Å². The van der Waals surface area contributed by atoms with Crippen LogP contribution in [0.2, 0.25) is 0 Å². The number of carboxylic acids is 1. The average Bonchev–Trinajstić information content (AvgIpc) is 2.98. The van der Waals surface area contributed by atoms with Gasteiger partial charge in [0.15, 0.2) is 0 Å². The molecule has 1 atom stereocenters. The third-order valence-electron chi connectivity index (χ3n) is 4.66. The minimum Gasteiger partial charge on any atom is -0.507 e. The van der Waals surface area contributed by atoms with Gasteiger partial charge >= 0.3 is 5.97 Å². The van der Waals surface area contributed by atoms with E-state index in [1.165, 1.54) is 18.2 Å². The van der Waals surface area contributed by atoms with Crippen LogP contribution >= 0.6 is 0 Å². The second-order valence-corrected chi connectivity index (χ2v) is 6.47. The molecule has 1 amide bonds. The average molecular weight is 396 g/mol. The van der Waals surface area contributed by atoms with Crippen molar-refractivity contribution in [1.29, 1.82) is 0 Å². The van der Waals surface area contributed by atoms with Gasteiger partial charge in [-0.05, 0) is 42.8 Å². The number of carbonyl (C=O) groups is 3. The first-order valence-electron chi connectivity index (χ1n) is 8.99. The Kier molecular flexibility index (Phi) is 5.92. The van der Waals surface area contributed by atoms with E-state index < -0.39 is 23.7 Å². The van der Waals surface area contributed by atoms with Gasteiger partial charge in [0.2, 0.25) is 0 Å². The van der Waals surface area contributed by atoms with Crippen LogP contribution in [0.5, 0.6) is 5.75 Å². The minimum absolute atomic E-state index is 0.0531. The number of hydrogen-bond donors (Lipinski definition) is 2. The highest BCUT2D eigenvalue weighted by atomic mass is 16.5. The predicted octanol–water partition coefficient (Wildman–Crippen LogP) is 2.38. The molecular formula is C21H20N2O6. The van der Waals surface area contributed by atoms with Crippen LogP contribution in [-0.2, 0) is 14.4 Å². The van der Waals surface area contributed by atoms with Gasteiger partial charge in [0.1, 0.15) is 17.6 Å². The van der Waals surface area contributed by atoms with Gasteiger partial charge in [-0.1, -0.05) is 6.07 Å². The summed E-state index contributed by atoms with van der Waals surface area (Å²) in [6.45, 7) is 0.0531. The van der Waals surface area contributed by atoms with Crippen molar-refractivity contribution < 1.29 is 29.3 Å². The number of hydrogen-bond acceptors (Lipinski definition) is 6. The van der Waals surface area contributed by atoms with Gasteiger partial charge in [-0.15, -0.1) is 0 Å². The lowest BCUT2D eigenvalue weighted by atomic mass is 9.98. The maximum absolute atomic E-state index is 12.8. The molecule has 2 aromatic rings. The number of aliphatic hydroxyl groups excluding tert-OH is 1. The van der Waals surface area contributed by atoms with Gasteiger partial charge in [-0.2, -0.15) is 0 Å². The molecule has 2 N–H and O–H groups in total. The highest BCUT2D eigenvalue weighted by Gasteiger charge is 2.46. The highest BCUT2D eigenvalue weighted by molar-refractivity contribution is 6.46. The van der Waals surface area contributed by atoms with Crippen molar-refractivity contribution in [3.63, 3.8) is 0 Å². The van der Waals surface area contributed by atoms with Gasteiger partial charge in [0.25, 0.3) is 11.7 Å². The molecule has 8 heteroatoms. The Bertz CT molecular complexity index is 953. The number of nitrogens with zero attached hydrogens (tertiary/aromatic N) is 2. The summed E-state index contributed by atoms with van der Waals surface area (Å²) in [6.07, 6.45) is 1.56. The van der Waals surface area contributed by atoms with Crippen LogP contribution in [0.1, 0.15) is 30.1 Å². The second kappa shape index (κ2) is 8.55. The summed E-state index contributed by atoms with van der Waals surface area (Å²) < 4.78 is 5.10. The summed E-state index contributed by atoms with van der Waals surface area (Å²) in [5, 5.41) is 19.7. The standard InChI is InChI=1S/C21H20N2O6/c1-29-14-9-7-13(8-10-14)19(26)17-18(15-5-2-3-11-22-15)23(21(28)20(17)27)12-4-6-16(24)25/h2-3,5,7-11,18,26H,4,6,12H2,1H3,(H,24,25)/t18-/m1/s1. The molecule has 0 spiro atoms. The minimum atomic E-state index is -0.991. The van der Waals surface area contributed by atoms with Gasteiger partial charge < -0.3 is 19.8 Å². The fourth-order valence-corrected chi connectivity index (χ4v) is 3.26. The number of ketones is 1. The van der Waals surface area contributed by atoms with E-state index >= 15 is 0 Å². The first-order valence-corrected chi connectivity index (χ1v) is 8.99. The molecule has 0 saturated carbocycles. The normalized spacial score (nSPS) is 18.1. The smallest absolute Gasteiger partial charge is 0.303 e. The molecule has 150 valence electrons. The lowest BCUT2D eigenvalue weighted by Crippen LogP contribution is -2.31. The predicted molar refractivity (Wildman–Crippen MR) is 103 cm³/mol.